The fourth-order valence-corrected chi connectivity index (χ4v) is 14.5. The number of carbonyl (C=O) groups is 4. The number of esters is 4. The second-order valence-electron chi connectivity index (χ2n) is 30.1. The van der Waals surface area contributed by atoms with Gasteiger partial charge in [-0.3, -0.25) is 37.3 Å². The number of unbranched alkanes of at least 4 members (excludes halogenated alkanes) is 54. The first-order valence-electron chi connectivity index (χ1n) is 43.2. The summed E-state index contributed by atoms with van der Waals surface area (Å²) < 4.78 is 68.8. The van der Waals surface area contributed by atoms with Crippen LogP contribution in [0.15, 0.2) is 0 Å². The molecule has 0 saturated heterocycles. The zero-order valence-corrected chi connectivity index (χ0v) is 68.5. The predicted molar refractivity (Wildman–Crippen MR) is 418 cm³/mol. The third-order valence-corrected chi connectivity index (χ3v) is 21.8. The minimum Gasteiger partial charge on any atom is -0.462 e. The lowest BCUT2D eigenvalue weighted by Crippen LogP contribution is -2.30. The van der Waals surface area contributed by atoms with Crippen LogP contribution in [0.5, 0.6) is 0 Å². The van der Waals surface area contributed by atoms with Crippen molar-refractivity contribution in [3.8, 4) is 0 Å². The molecular weight excluding hydrogens is 1330 g/mol. The van der Waals surface area contributed by atoms with Gasteiger partial charge in [0.05, 0.1) is 26.4 Å². The van der Waals surface area contributed by atoms with Crippen LogP contribution in [0.3, 0.4) is 0 Å². The van der Waals surface area contributed by atoms with Gasteiger partial charge < -0.3 is 33.8 Å². The first-order chi connectivity index (χ1) is 49.6. The monoisotopic (exact) mass is 1490 g/mol. The van der Waals surface area contributed by atoms with Crippen LogP contribution in [-0.4, -0.2) is 96.7 Å². The fourth-order valence-electron chi connectivity index (χ4n) is 12.9. The van der Waals surface area contributed by atoms with E-state index in [0.29, 0.717) is 25.7 Å². The average Bonchev–Trinajstić information content (AvgIpc) is 0.922. The Labute approximate surface area is 626 Å². The summed E-state index contributed by atoms with van der Waals surface area (Å²) in [5.74, 6) is -1.23. The molecule has 0 spiro atoms. The number of ether oxygens (including phenoxy) is 4. The number of hydrogen-bond donors (Lipinski definition) is 3. The Morgan fingerprint density at radius 1 is 0.275 bits per heavy atom. The molecule has 0 saturated carbocycles. The van der Waals surface area contributed by atoms with Gasteiger partial charge in [-0.05, 0) is 31.6 Å². The van der Waals surface area contributed by atoms with Gasteiger partial charge in [0, 0.05) is 25.7 Å². The van der Waals surface area contributed by atoms with E-state index in [1.807, 2.05) is 0 Å². The van der Waals surface area contributed by atoms with E-state index in [4.69, 9.17) is 37.0 Å². The smallest absolute Gasteiger partial charge is 0.462 e. The molecule has 0 amide bonds. The Hall–Kier alpha value is -1.94. The number of aliphatic hydroxyl groups excluding tert-OH is 1. The van der Waals surface area contributed by atoms with Crippen molar-refractivity contribution >= 4 is 39.5 Å². The number of carbonyl (C=O) groups excluding carboxylic acids is 4. The largest absolute Gasteiger partial charge is 0.472 e. The summed E-state index contributed by atoms with van der Waals surface area (Å²) in [5.41, 5.74) is 0. The van der Waals surface area contributed by atoms with Crippen LogP contribution in [0.25, 0.3) is 0 Å². The van der Waals surface area contributed by atoms with Crippen LogP contribution >= 0.6 is 15.6 Å². The molecule has 606 valence electrons. The second kappa shape index (κ2) is 75.9. The molecule has 17 nitrogen and oxygen atoms in total. The lowest BCUT2D eigenvalue weighted by atomic mass is 9.99. The van der Waals surface area contributed by atoms with Gasteiger partial charge in [-0.25, -0.2) is 9.13 Å². The van der Waals surface area contributed by atoms with Gasteiger partial charge in [-0.2, -0.15) is 0 Å². The molecule has 0 aromatic heterocycles. The zero-order valence-electron chi connectivity index (χ0n) is 66.8. The Balaban J connectivity index is 5.21. The molecule has 3 unspecified atom stereocenters. The molecule has 0 heterocycles. The molecular formula is C83H162O17P2. The minimum absolute atomic E-state index is 0.108. The summed E-state index contributed by atoms with van der Waals surface area (Å²) in [7, 11) is -9.92. The highest BCUT2D eigenvalue weighted by atomic mass is 31.2. The van der Waals surface area contributed by atoms with Gasteiger partial charge in [-0.1, -0.05) is 394 Å². The zero-order chi connectivity index (χ0) is 74.8. The molecule has 0 rings (SSSR count). The molecule has 3 N–H and O–H groups in total. The van der Waals surface area contributed by atoms with Gasteiger partial charge in [0.15, 0.2) is 12.2 Å². The fraction of sp³-hybridized carbons (Fsp3) is 0.952. The molecule has 0 aliphatic rings. The molecule has 0 aromatic rings. The topological polar surface area (TPSA) is 237 Å². The van der Waals surface area contributed by atoms with E-state index in [0.717, 1.165) is 95.8 Å². The van der Waals surface area contributed by atoms with Gasteiger partial charge >= 0.3 is 39.5 Å². The third kappa shape index (κ3) is 74.9. The van der Waals surface area contributed by atoms with E-state index < -0.39 is 97.5 Å². The van der Waals surface area contributed by atoms with Crippen molar-refractivity contribution in [1.29, 1.82) is 0 Å². The van der Waals surface area contributed by atoms with Gasteiger partial charge in [-0.15, -0.1) is 0 Å². The molecule has 0 bridgehead atoms. The quantitative estimate of drug-likeness (QED) is 0.0222. The Morgan fingerprint density at radius 3 is 0.696 bits per heavy atom. The highest BCUT2D eigenvalue weighted by Crippen LogP contribution is 2.45. The van der Waals surface area contributed by atoms with E-state index >= 15 is 0 Å². The molecule has 0 aliphatic carbocycles. The van der Waals surface area contributed by atoms with E-state index in [1.54, 1.807) is 0 Å². The maximum Gasteiger partial charge on any atom is 0.472 e. The van der Waals surface area contributed by atoms with Gasteiger partial charge in [0.1, 0.15) is 19.3 Å². The van der Waals surface area contributed by atoms with Crippen molar-refractivity contribution in [3.05, 3.63) is 0 Å². The van der Waals surface area contributed by atoms with Crippen molar-refractivity contribution in [1.82, 2.24) is 0 Å². The summed E-state index contributed by atoms with van der Waals surface area (Å²) in [6.45, 7) is 7.40. The van der Waals surface area contributed by atoms with Crippen LogP contribution in [0, 0.1) is 5.92 Å². The second-order valence-corrected chi connectivity index (χ2v) is 33.0. The number of phosphoric acid groups is 2. The van der Waals surface area contributed by atoms with Crippen LogP contribution in [0.2, 0.25) is 0 Å². The standard InChI is InChI=1S/C83H162O17P2/c1-6-10-13-16-19-22-25-27-28-31-35-39-42-47-52-57-62-67-81(86)94-73-79(100-83(88)69-64-59-54-49-44-40-36-33-30-29-32-34-38-41-45-50-55-60-65-76(5)9-4)75-98-102(91,92)96-71-77(84)70-95-101(89,90)97-74-78(72-93-80(85)66-61-56-51-46-24-21-18-15-12-8-3)99-82(87)68-63-58-53-48-43-37-26-23-20-17-14-11-7-2/h76-79,84H,6-75H2,1-5H3,(H,89,90)(H,91,92)/t76?,77-,78+,79+/m0/s1. The first-order valence-corrected chi connectivity index (χ1v) is 46.2. The highest BCUT2D eigenvalue weighted by Gasteiger charge is 2.30. The maximum absolute atomic E-state index is 13.1. The van der Waals surface area contributed by atoms with Crippen LogP contribution < -0.4 is 0 Å². The number of rotatable bonds is 83. The van der Waals surface area contributed by atoms with Gasteiger partial charge in [0.25, 0.3) is 0 Å². The van der Waals surface area contributed by atoms with E-state index in [1.165, 1.54) is 270 Å². The Bertz CT molecular complexity index is 1950. The minimum atomic E-state index is -4.96. The molecule has 19 heteroatoms. The summed E-state index contributed by atoms with van der Waals surface area (Å²) in [4.78, 5) is 73.0. The summed E-state index contributed by atoms with van der Waals surface area (Å²) in [6, 6.07) is 0. The average molecular weight is 1490 g/mol. The molecule has 102 heavy (non-hydrogen) atoms. The highest BCUT2D eigenvalue weighted by molar-refractivity contribution is 7.47. The van der Waals surface area contributed by atoms with Crippen LogP contribution in [-0.2, 0) is 65.4 Å². The van der Waals surface area contributed by atoms with Crippen molar-refractivity contribution in [2.45, 2.75) is 464 Å². The SMILES string of the molecule is CCCCCCCCCCCCCCCCCCCC(=O)OC[C@H](COP(=O)(O)OC[C@@H](O)COP(=O)(O)OC[C@@H](COC(=O)CCCCCCCCCCCC)OC(=O)CCCCCCCCCCCCCCC)OC(=O)CCCCCCCCCCCCCCCCCCCCC(C)CC. The summed E-state index contributed by atoms with van der Waals surface area (Å²) in [5, 5.41) is 10.6. The number of aliphatic hydroxyl groups is 1. The number of phosphoric ester groups is 2. The van der Waals surface area contributed by atoms with Crippen molar-refractivity contribution in [2.24, 2.45) is 5.92 Å². The summed E-state index contributed by atoms with van der Waals surface area (Å²) in [6.07, 6.45) is 67.9. The van der Waals surface area contributed by atoms with Crippen LogP contribution in [0.1, 0.15) is 446 Å². The van der Waals surface area contributed by atoms with E-state index in [2.05, 4.69) is 34.6 Å². The molecule has 0 aromatic carbocycles. The first kappa shape index (κ1) is 100. The number of hydrogen-bond acceptors (Lipinski definition) is 15. The lowest BCUT2D eigenvalue weighted by Gasteiger charge is -2.21. The van der Waals surface area contributed by atoms with Crippen molar-refractivity contribution in [3.63, 3.8) is 0 Å². The van der Waals surface area contributed by atoms with Crippen LogP contribution in [0.4, 0.5) is 0 Å². The van der Waals surface area contributed by atoms with Crippen molar-refractivity contribution in [2.75, 3.05) is 39.6 Å². The molecule has 0 radical (unpaired) electrons. The normalized spacial score (nSPS) is 14.1. The third-order valence-electron chi connectivity index (χ3n) is 19.9. The van der Waals surface area contributed by atoms with Crippen molar-refractivity contribution < 1.29 is 80.2 Å². The molecule has 0 fully saturated rings. The summed E-state index contributed by atoms with van der Waals surface area (Å²) >= 11 is 0. The van der Waals surface area contributed by atoms with E-state index in [-0.39, 0.29) is 25.7 Å². The molecule has 0 aliphatic heterocycles. The predicted octanol–water partition coefficient (Wildman–Crippen LogP) is 25.2. The van der Waals surface area contributed by atoms with E-state index in [9.17, 15) is 43.2 Å². The van der Waals surface area contributed by atoms with Gasteiger partial charge in [0.2, 0.25) is 0 Å². The maximum atomic E-state index is 13.1. The lowest BCUT2D eigenvalue weighted by molar-refractivity contribution is -0.161. The Kier molecular flexibility index (Phi) is 74.4. The molecule has 6 atom stereocenters. The Morgan fingerprint density at radius 2 is 0.471 bits per heavy atom.